The van der Waals surface area contributed by atoms with E-state index < -0.39 is 0 Å². The van der Waals surface area contributed by atoms with Gasteiger partial charge >= 0.3 is 6.03 Å². The number of carbonyl (C=O) groups is 2. The van der Waals surface area contributed by atoms with Gasteiger partial charge in [-0.2, -0.15) is 0 Å². The van der Waals surface area contributed by atoms with E-state index >= 15 is 0 Å². The van der Waals surface area contributed by atoms with Crippen LogP contribution in [-0.4, -0.2) is 49.7 Å². The number of nitrogens with zero attached hydrogens (tertiary/aromatic N) is 2. The van der Waals surface area contributed by atoms with Crippen LogP contribution in [0.15, 0.2) is 24.3 Å². The van der Waals surface area contributed by atoms with Gasteiger partial charge in [0.25, 0.3) is 0 Å². The number of para-hydroxylation sites is 2. The van der Waals surface area contributed by atoms with Crippen LogP contribution in [0.25, 0.3) is 0 Å². The number of carbonyl (C=O) groups excluding carboxylic acids is 2. The van der Waals surface area contributed by atoms with Gasteiger partial charge in [-0.25, -0.2) is 4.79 Å². The van der Waals surface area contributed by atoms with Gasteiger partial charge in [0, 0.05) is 20.6 Å². The number of hydrogen-bond acceptors (Lipinski definition) is 3. The van der Waals surface area contributed by atoms with Crippen molar-refractivity contribution >= 4 is 23.8 Å². The minimum absolute atomic E-state index is 0.144. The van der Waals surface area contributed by atoms with Crippen molar-refractivity contribution in [3.05, 3.63) is 24.3 Å². The highest BCUT2D eigenvalue weighted by atomic mass is 16.3. The molecule has 98 valence electrons. The van der Waals surface area contributed by atoms with Crippen molar-refractivity contribution in [2.24, 2.45) is 0 Å². The van der Waals surface area contributed by atoms with E-state index in [4.69, 9.17) is 5.11 Å². The van der Waals surface area contributed by atoms with E-state index in [2.05, 4.69) is 5.32 Å². The zero-order valence-electron chi connectivity index (χ0n) is 10.5. The summed E-state index contributed by atoms with van der Waals surface area (Å²) < 4.78 is 0. The first-order valence-corrected chi connectivity index (χ1v) is 5.50. The Kier molecular flexibility index (Phi) is 5.13. The maximum absolute atomic E-state index is 11.6. The normalized spacial score (nSPS) is 9.72. The lowest BCUT2D eigenvalue weighted by Gasteiger charge is -2.21. The Morgan fingerprint density at radius 2 is 2.06 bits per heavy atom. The summed E-state index contributed by atoms with van der Waals surface area (Å²) in [5, 5.41) is 11.6. The summed E-state index contributed by atoms with van der Waals surface area (Å²) in [5.41, 5.74) is 1.08. The van der Waals surface area contributed by atoms with Crippen LogP contribution in [0, 0.1) is 0 Å². The number of anilines is 2. The number of urea groups is 1. The van der Waals surface area contributed by atoms with Crippen LogP contribution in [0.5, 0.6) is 0 Å². The van der Waals surface area contributed by atoms with Gasteiger partial charge in [-0.3, -0.25) is 4.79 Å². The smallest absolute Gasteiger partial charge is 0.321 e. The SMILES string of the molecule is CN(C)C(=O)Nc1ccccc1N(C=O)CCO. The Labute approximate surface area is 106 Å². The highest BCUT2D eigenvalue weighted by Crippen LogP contribution is 2.24. The molecule has 1 aromatic rings. The summed E-state index contributed by atoms with van der Waals surface area (Å²) in [6, 6.07) is 6.64. The Hall–Kier alpha value is -2.08. The van der Waals surface area contributed by atoms with Gasteiger partial charge in [-0.15, -0.1) is 0 Å². The van der Waals surface area contributed by atoms with Crippen LogP contribution in [0.2, 0.25) is 0 Å². The third-order valence-corrected chi connectivity index (χ3v) is 2.33. The first-order chi connectivity index (χ1) is 8.60. The molecule has 0 bridgehead atoms. The number of aliphatic hydroxyl groups excluding tert-OH is 1. The number of benzene rings is 1. The second-order valence-corrected chi connectivity index (χ2v) is 3.86. The monoisotopic (exact) mass is 251 g/mol. The van der Waals surface area contributed by atoms with Gasteiger partial charge in [-0.1, -0.05) is 12.1 Å². The number of amides is 3. The molecule has 1 rings (SSSR count). The summed E-state index contributed by atoms with van der Waals surface area (Å²) in [6.45, 7) is 0.0348. The molecule has 2 N–H and O–H groups in total. The van der Waals surface area contributed by atoms with Crippen LogP contribution >= 0.6 is 0 Å². The molecule has 0 aliphatic rings. The quantitative estimate of drug-likeness (QED) is 0.758. The molecule has 6 nitrogen and oxygen atoms in total. The highest BCUT2D eigenvalue weighted by molar-refractivity contribution is 5.95. The van der Waals surface area contributed by atoms with Crippen molar-refractivity contribution in [3.8, 4) is 0 Å². The molecule has 0 aliphatic carbocycles. The molecular weight excluding hydrogens is 234 g/mol. The molecule has 0 saturated carbocycles. The van der Waals surface area contributed by atoms with Crippen molar-refractivity contribution in [2.75, 3.05) is 37.5 Å². The van der Waals surface area contributed by atoms with E-state index in [-0.39, 0.29) is 19.2 Å². The number of nitrogens with one attached hydrogen (secondary N) is 1. The molecular formula is C12H17N3O3. The van der Waals surface area contributed by atoms with Gasteiger partial charge in [0.1, 0.15) is 0 Å². The van der Waals surface area contributed by atoms with E-state index in [1.165, 1.54) is 9.80 Å². The Bertz CT molecular complexity index is 421. The Morgan fingerprint density at radius 1 is 1.39 bits per heavy atom. The zero-order valence-corrected chi connectivity index (χ0v) is 10.5. The third kappa shape index (κ3) is 3.46. The summed E-state index contributed by atoms with van der Waals surface area (Å²) >= 11 is 0. The lowest BCUT2D eigenvalue weighted by molar-refractivity contribution is -0.107. The summed E-state index contributed by atoms with van der Waals surface area (Å²) in [5.74, 6) is 0. The Morgan fingerprint density at radius 3 is 2.61 bits per heavy atom. The average Bonchev–Trinajstić information content (AvgIpc) is 2.36. The number of rotatable bonds is 5. The van der Waals surface area contributed by atoms with Crippen LogP contribution in [0.4, 0.5) is 16.2 Å². The minimum Gasteiger partial charge on any atom is -0.395 e. The van der Waals surface area contributed by atoms with Crippen molar-refractivity contribution in [3.63, 3.8) is 0 Å². The fourth-order valence-electron chi connectivity index (χ4n) is 1.39. The largest absolute Gasteiger partial charge is 0.395 e. The summed E-state index contributed by atoms with van der Waals surface area (Å²) in [7, 11) is 3.26. The van der Waals surface area contributed by atoms with E-state index in [0.29, 0.717) is 17.8 Å². The lowest BCUT2D eigenvalue weighted by atomic mass is 10.2. The second-order valence-electron chi connectivity index (χ2n) is 3.86. The number of hydrogen-bond donors (Lipinski definition) is 2. The fourth-order valence-corrected chi connectivity index (χ4v) is 1.39. The van der Waals surface area contributed by atoms with Crippen LogP contribution < -0.4 is 10.2 Å². The van der Waals surface area contributed by atoms with E-state index in [1.54, 1.807) is 38.4 Å². The summed E-state index contributed by atoms with van der Waals surface area (Å²) in [4.78, 5) is 25.3. The highest BCUT2D eigenvalue weighted by Gasteiger charge is 2.12. The van der Waals surface area contributed by atoms with Crippen molar-refractivity contribution in [1.82, 2.24) is 4.90 Å². The van der Waals surface area contributed by atoms with Gasteiger partial charge in [-0.05, 0) is 12.1 Å². The molecule has 0 unspecified atom stereocenters. The van der Waals surface area contributed by atoms with E-state index in [0.717, 1.165) is 0 Å². The standard InChI is InChI=1S/C12H17N3O3/c1-14(2)12(18)13-10-5-3-4-6-11(10)15(9-17)7-8-16/h3-6,9,16H,7-8H2,1-2H3,(H,13,18). The molecule has 0 fully saturated rings. The first kappa shape index (κ1) is 14.0. The van der Waals surface area contributed by atoms with Gasteiger partial charge in [0.15, 0.2) is 0 Å². The van der Waals surface area contributed by atoms with Gasteiger partial charge in [0.05, 0.1) is 18.0 Å². The van der Waals surface area contributed by atoms with E-state index in [1.807, 2.05) is 0 Å². The zero-order chi connectivity index (χ0) is 13.5. The maximum atomic E-state index is 11.6. The minimum atomic E-state index is -0.280. The third-order valence-electron chi connectivity index (χ3n) is 2.33. The molecule has 0 saturated heterocycles. The molecule has 0 atom stereocenters. The fraction of sp³-hybridized carbons (Fsp3) is 0.333. The number of aliphatic hydroxyl groups is 1. The second kappa shape index (κ2) is 6.61. The van der Waals surface area contributed by atoms with Crippen LogP contribution in [0.3, 0.4) is 0 Å². The molecule has 1 aromatic carbocycles. The first-order valence-electron chi connectivity index (χ1n) is 5.50. The molecule has 6 heteroatoms. The molecule has 18 heavy (non-hydrogen) atoms. The predicted molar refractivity (Wildman–Crippen MR) is 69.6 cm³/mol. The molecule has 0 spiro atoms. The molecule has 0 aliphatic heterocycles. The average molecular weight is 251 g/mol. The molecule has 0 heterocycles. The van der Waals surface area contributed by atoms with Gasteiger partial charge in [0.2, 0.25) is 6.41 Å². The van der Waals surface area contributed by atoms with Crippen molar-refractivity contribution in [2.45, 2.75) is 0 Å². The Balaban J connectivity index is 2.98. The van der Waals surface area contributed by atoms with Crippen LogP contribution in [-0.2, 0) is 4.79 Å². The topological polar surface area (TPSA) is 72.9 Å². The van der Waals surface area contributed by atoms with Crippen LogP contribution in [0.1, 0.15) is 0 Å². The summed E-state index contributed by atoms with van der Waals surface area (Å²) in [6.07, 6.45) is 0.622. The molecule has 3 amide bonds. The van der Waals surface area contributed by atoms with Gasteiger partial charge < -0.3 is 20.2 Å². The predicted octanol–water partition coefficient (Wildman–Crippen LogP) is 0.735. The van der Waals surface area contributed by atoms with Crippen molar-refractivity contribution < 1.29 is 14.7 Å². The molecule has 0 radical (unpaired) electrons. The maximum Gasteiger partial charge on any atom is 0.321 e. The van der Waals surface area contributed by atoms with E-state index in [9.17, 15) is 9.59 Å². The molecule has 0 aromatic heterocycles. The lowest BCUT2D eigenvalue weighted by Crippen LogP contribution is -2.30. The van der Waals surface area contributed by atoms with Crippen molar-refractivity contribution in [1.29, 1.82) is 0 Å².